The smallest absolute Gasteiger partial charge is 0.393 e. The summed E-state index contributed by atoms with van der Waals surface area (Å²) >= 11 is 0. The summed E-state index contributed by atoms with van der Waals surface area (Å²) in [5.74, 6) is -3.05. The zero-order valence-corrected chi connectivity index (χ0v) is 9.47. The largest absolute Gasteiger partial charge is 0.460 e. The van der Waals surface area contributed by atoms with Crippen molar-refractivity contribution in [3.63, 3.8) is 0 Å². The van der Waals surface area contributed by atoms with E-state index in [1.54, 1.807) is 20.8 Å². The van der Waals surface area contributed by atoms with E-state index >= 15 is 0 Å². The topological polar surface area (TPSA) is 52.3 Å². The Morgan fingerprint density at radius 3 is 2.12 bits per heavy atom. The van der Waals surface area contributed by atoms with E-state index in [1.807, 2.05) is 0 Å². The number of rotatable bonds is 1. The van der Waals surface area contributed by atoms with Crippen LogP contribution in [-0.4, -0.2) is 23.8 Å². The number of halogens is 3. The van der Waals surface area contributed by atoms with Gasteiger partial charge in [0.15, 0.2) is 0 Å². The molecule has 2 N–H and O–H groups in total. The summed E-state index contributed by atoms with van der Waals surface area (Å²) < 4.78 is 41.9. The molecule has 0 aromatic rings. The van der Waals surface area contributed by atoms with Gasteiger partial charge < -0.3 is 10.5 Å². The first-order valence-corrected chi connectivity index (χ1v) is 5.07. The van der Waals surface area contributed by atoms with Gasteiger partial charge in [-0.05, 0) is 27.2 Å². The first-order valence-electron chi connectivity index (χ1n) is 5.07. The van der Waals surface area contributed by atoms with Gasteiger partial charge in [-0.25, -0.2) is 0 Å². The third-order valence-electron chi connectivity index (χ3n) is 2.57. The molecule has 1 saturated carbocycles. The molecule has 1 aliphatic carbocycles. The minimum absolute atomic E-state index is 0.264. The molecule has 1 rings (SSSR count). The van der Waals surface area contributed by atoms with Crippen LogP contribution in [0.5, 0.6) is 0 Å². The highest BCUT2D eigenvalue weighted by Gasteiger charge is 2.56. The molecule has 0 bridgehead atoms. The maximum Gasteiger partial charge on any atom is 0.393 e. The molecule has 1 fully saturated rings. The summed E-state index contributed by atoms with van der Waals surface area (Å²) in [7, 11) is 0. The molecule has 0 spiro atoms. The molecule has 3 nitrogen and oxygen atoms in total. The highest BCUT2D eigenvalue weighted by molar-refractivity contribution is 5.75. The number of carbonyl (C=O) groups is 1. The van der Waals surface area contributed by atoms with Crippen molar-refractivity contribution in [1.29, 1.82) is 0 Å². The molecule has 16 heavy (non-hydrogen) atoms. The number of esters is 1. The van der Waals surface area contributed by atoms with Crippen molar-refractivity contribution in [3.8, 4) is 0 Å². The van der Waals surface area contributed by atoms with E-state index in [2.05, 4.69) is 0 Å². The minimum Gasteiger partial charge on any atom is -0.460 e. The number of carbonyl (C=O) groups excluding carboxylic acids is 1. The molecule has 0 radical (unpaired) electrons. The Balaban J connectivity index is 2.53. The van der Waals surface area contributed by atoms with Gasteiger partial charge in [-0.1, -0.05) is 0 Å². The molecule has 6 heteroatoms. The predicted molar refractivity (Wildman–Crippen MR) is 51.5 cm³/mol. The van der Waals surface area contributed by atoms with Crippen LogP contribution in [0.2, 0.25) is 0 Å². The van der Waals surface area contributed by atoms with Crippen molar-refractivity contribution >= 4 is 5.97 Å². The molecule has 0 unspecified atom stereocenters. The van der Waals surface area contributed by atoms with E-state index in [-0.39, 0.29) is 6.42 Å². The summed E-state index contributed by atoms with van der Waals surface area (Å²) in [5.41, 5.74) is 4.66. The Morgan fingerprint density at radius 1 is 1.31 bits per heavy atom. The normalized spacial score (nSPS) is 30.8. The summed E-state index contributed by atoms with van der Waals surface area (Å²) in [6, 6.07) is -1.17. The summed E-state index contributed by atoms with van der Waals surface area (Å²) in [4.78, 5) is 11.5. The van der Waals surface area contributed by atoms with E-state index in [0.717, 1.165) is 0 Å². The number of hydrogen-bond donors (Lipinski definition) is 1. The van der Waals surface area contributed by atoms with Crippen LogP contribution in [-0.2, 0) is 9.53 Å². The van der Waals surface area contributed by atoms with Crippen LogP contribution in [0.1, 0.15) is 27.2 Å². The minimum atomic E-state index is -4.32. The monoisotopic (exact) mass is 239 g/mol. The third-order valence-corrected chi connectivity index (χ3v) is 2.57. The quantitative estimate of drug-likeness (QED) is 0.710. The maximum absolute atomic E-state index is 12.3. The fraction of sp³-hybridized carbons (Fsp3) is 0.900. The molecule has 1 aliphatic rings. The van der Waals surface area contributed by atoms with Crippen LogP contribution in [0.3, 0.4) is 0 Å². The second-order valence-corrected chi connectivity index (χ2v) is 5.10. The van der Waals surface area contributed by atoms with Crippen molar-refractivity contribution in [2.24, 2.45) is 17.6 Å². The Kier molecular flexibility index (Phi) is 3.24. The standard InChI is InChI=1S/C10H16F3NO2/c1-9(2,3)16-8(15)5-4-6(7(5)14)10(11,12)13/h5-7H,4,14H2,1-3H3/t5-,6+,7+/m1/s1. The number of alkyl halides is 3. The molecular formula is C10H16F3NO2. The van der Waals surface area contributed by atoms with Crippen molar-refractivity contribution in [2.75, 3.05) is 0 Å². The Hall–Kier alpha value is -0.780. The van der Waals surface area contributed by atoms with Crippen LogP contribution < -0.4 is 5.73 Å². The molecule has 94 valence electrons. The zero-order valence-electron chi connectivity index (χ0n) is 9.47. The Labute approximate surface area is 92.1 Å². The SMILES string of the molecule is CC(C)(C)OC(=O)[C@@H]1C[C@H](C(F)(F)F)[C@H]1N. The number of ether oxygens (including phenoxy) is 1. The van der Waals surface area contributed by atoms with Crippen LogP contribution in [0.25, 0.3) is 0 Å². The molecule has 0 heterocycles. The van der Waals surface area contributed by atoms with E-state index in [0.29, 0.717) is 0 Å². The van der Waals surface area contributed by atoms with Gasteiger partial charge in [-0.3, -0.25) is 4.79 Å². The van der Waals surface area contributed by atoms with Gasteiger partial charge in [0.05, 0.1) is 11.8 Å². The van der Waals surface area contributed by atoms with Crippen LogP contribution in [0, 0.1) is 11.8 Å². The molecule has 0 saturated heterocycles. The lowest BCUT2D eigenvalue weighted by molar-refractivity contribution is -0.218. The van der Waals surface area contributed by atoms with Gasteiger partial charge in [-0.2, -0.15) is 13.2 Å². The Morgan fingerprint density at radius 2 is 1.81 bits per heavy atom. The molecule has 0 aromatic carbocycles. The number of nitrogens with two attached hydrogens (primary N) is 1. The maximum atomic E-state index is 12.3. The highest BCUT2D eigenvalue weighted by Crippen LogP contribution is 2.44. The van der Waals surface area contributed by atoms with Gasteiger partial charge in [0, 0.05) is 6.04 Å². The van der Waals surface area contributed by atoms with Crippen molar-refractivity contribution in [1.82, 2.24) is 0 Å². The number of hydrogen-bond acceptors (Lipinski definition) is 3. The molecule has 0 amide bonds. The van der Waals surface area contributed by atoms with E-state index < -0.39 is 35.6 Å². The fourth-order valence-corrected chi connectivity index (χ4v) is 1.66. The average Bonchev–Trinajstić information content (AvgIpc) is 1.94. The third kappa shape index (κ3) is 2.87. The van der Waals surface area contributed by atoms with Gasteiger partial charge in [0.2, 0.25) is 0 Å². The lowest BCUT2D eigenvalue weighted by Gasteiger charge is -2.42. The van der Waals surface area contributed by atoms with Crippen LogP contribution in [0.15, 0.2) is 0 Å². The van der Waals surface area contributed by atoms with Gasteiger partial charge in [0.25, 0.3) is 0 Å². The van der Waals surface area contributed by atoms with Crippen LogP contribution >= 0.6 is 0 Å². The lowest BCUT2D eigenvalue weighted by atomic mass is 9.70. The lowest BCUT2D eigenvalue weighted by Crippen LogP contribution is -2.58. The second kappa shape index (κ2) is 3.91. The van der Waals surface area contributed by atoms with Crippen molar-refractivity contribution in [2.45, 2.75) is 45.0 Å². The van der Waals surface area contributed by atoms with E-state index in [9.17, 15) is 18.0 Å². The molecule has 3 atom stereocenters. The molecule has 0 aromatic heterocycles. The van der Waals surface area contributed by atoms with Gasteiger partial charge in [0.1, 0.15) is 5.60 Å². The van der Waals surface area contributed by atoms with Gasteiger partial charge >= 0.3 is 12.1 Å². The average molecular weight is 239 g/mol. The Bertz CT molecular complexity index is 283. The highest BCUT2D eigenvalue weighted by atomic mass is 19.4. The van der Waals surface area contributed by atoms with E-state index in [1.165, 1.54) is 0 Å². The summed E-state index contributed by atoms with van der Waals surface area (Å²) in [6.45, 7) is 4.99. The molecular weight excluding hydrogens is 223 g/mol. The molecule has 0 aliphatic heterocycles. The van der Waals surface area contributed by atoms with Crippen molar-refractivity contribution < 1.29 is 22.7 Å². The van der Waals surface area contributed by atoms with Crippen LogP contribution in [0.4, 0.5) is 13.2 Å². The van der Waals surface area contributed by atoms with Gasteiger partial charge in [-0.15, -0.1) is 0 Å². The first kappa shape index (κ1) is 13.3. The second-order valence-electron chi connectivity index (χ2n) is 5.10. The summed E-state index contributed by atoms with van der Waals surface area (Å²) in [5, 5.41) is 0. The fourth-order valence-electron chi connectivity index (χ4n) is 1.66. The van der Waals surface area contributed by atoms with Crippen molar-refractivity contribution in [3.05, 3.63) is 0 Å². The zero-order chi connectivity index (χ0) is 12.7. The first-order chi connectivity index (χ1) is 7.02. The van der Waals surface area contributed by atoms with E-state index in [4.69, 9.17) is 10.5 Å². The predicted octanol–water partition coefficient (Wildman–Crippen LogP) is 1.85. The summed E-state index contributed by atoms with van der Waals surface area (Å²) in [6.07, 6.45) is -4.59.